The number of fused-ring (bicyclic) bond motifs is 2. The van der Waals surface area contributed by atoms with Gasteiger partial charge in [-0.1, -0.05) is 30.3 Å². The van der Waals surface area contributed by atoms with Crippen LogP contribution in [-0.2, 0) is 13.1 Å². The van der Waals surface area contributed by atoms with Crippen LogP contribution in [0.2, 0.25) is 0 Å². The molecule has 158 valence electrons. The van der Waals surface area contributed by atoms with Gasteiger partial charge in [-0.15, -0.1) is 35.3 Å². The highest BCUT2D eigenvalue weighted by Gasteiger charge is 2.40. The second-order valence-electron chi connectivity index (χ2n) is 8.03. The summed E-state index contributed by atoms with van der Waals surface area (Å²) >= 11 is 1.76. The number of hydrogen-bond donors (Lipinski definition) is 2. The molecule has 0 amide bonds. The van der Waals surface area contributed by atoms with Crippen molar-refractivity contribution in [1.82, 2.24) is 20.5 Å². The van der Waals surface area contributed by atoms with E-state index in [1.54, 1.807) is 11.3 Å². The van der Waals surface area contributed by atoms with Crippen LogP contribution in [0.5, 0.6) is 0 Å². The molecular weight excluding hydrogens is 493 g/mol. The third kappa shape index (κ3) is 5.49. The minimum atomic E-state index is 0. The number of aliphatic imine (C=N–C) groups is 1. The SMILES string of the molecule is CN=C(NCc1nc(C)c(C)s1)NC1CC2CCC(C1)N2Cc1ccccc1.I. The van der Waals surface area contributed by atoms with Crippen molar-refractivity contribution in [2.45, 2.75) is 70.7 Å². The van der Waals surface area contributed by atoms with E-state index >= 15 is 0 Å². The summed E-state index contributed by atoms with van der Waals surface area (Å²) in [7, 11) is 1.85. The zero-order chi connectivity index (χ0) is 19.5. The summed E-state index contributed by atoms with van der Waals surface area (Å²) in [6.07, 6.45) is 5.03. The largest absolute Gasteiger partial charge is 0.354 e. The highest BCUT2D eigenvalue weighted by Crippen LogP contribution is 2.36. The molecular formula is C22H32IN5S. The summed E-state index contributed by atoms with van der Waals surface area (Å²) in [5, 5.41) is 8.24. The number of halogens is 1. The summed E-state index contributed by atoms with van der Waals surface area (Å²) in [5.41, 5.74) is 2.56. The summed E-state index contributed by atoms with van der Waals surface area (Å²) in [6.45, 7) is 6.02. The van der Waals surface area contributed by atoms with Crippen molar-refractivity contribution in [1.29, 1.82) is 0 Å². The first-order chi connectivity index (χ1) is 13.6. The fraction of sp³-hybridized carbons (Fsp3) is 0.545. The van der Waals surface area contributed by atoms with E-state index in [0.717, 1.165) is 29.8 Å². The Hall–Kier alpha value is -1.19. The first-order valence-corrected chi connectivity index (χ1v) is 11.1. The first-order valence-electron chi connectivity index (χ1n) is 10.3. The normalized spacial score (nSPS) is 24.2. The van der Waals surface area contributed by atoms with Gasteiger partial charge in [-0.2, -0.15) is 0 Å². The third-order valence-corrected chi connectivity index (χ3v) is 7.21. The molecule has 2 fully saturated rings. The highest BCUT2D eigenvalue weighted by molar-refractivity contribution is 14.0. The number of benzene rings is 1. The molecule has 0 spiro atoms. The van der Waals surface area contributed by atoms with Crippen molar-refractivity contribution in [3.8, 4) is 0 Å². The maximum absolute atomic E-state index is 4.61. The Bertz CT molecular complexity index is 788. The number of aromatic nitrogens is 1. The van der Waals surface area contributed by atoms with Crippen LogP contribution < -0.4 is 10.6 Å². The number of nitrogens with one attached hydrogen (secondary N) is 2. The Labute approximate surface area is 195 Å². The number of nitrogens with zero attached hydrogens (tertiary/aromatic N) is 3. The van der Waals surface area contributed by atoms with E-state index < -0.39 is 0 Å². The molecule has 0 saturated carbocycles. The summed E-state index contributed by atoms with van der Waals surface area (Å²) < 4.78 is 0. The molecule has 1 aromatic carbocycles. The number of guanidine groups is 1. The number of aryl methyl sites for hydroxylation is 2. The molecule has 2 bridgehead atoms. The molecule has 5 nitrogen and oxygen atoms in total. The molecule has 2 aliphatic rings. The Balaban J connectivity index is 0.00000240. The number of thiazole rings is 1. The lowest BCUT2D eigenvalue weighted by molar-refractivity contribution is 0.114. The van der Waals surface area contributed by atoms with E-state index in [2.05, 4.69) is 69.7 Å². The van der Waals surface area contributed by atoms with Crippen LogP contribution in [0.3, 0.4) is 0 Å². The predicted molar refractivity (Wildman–Crippen MR) is 132 cm³/mol. The van der Waals surface area contributed by atoms with Gasteiger partial charge < -0.3 is 10.6 Å². The van der Waals surface area contributed by atoms with Gasteiger partial charge in [-0.3, -0.25) is 9.89 Å². The quantitative estimate of drug-likeness (QED) is 0.349. The molecule has 0 radical (unpaired) electrons. The Morgan fingerprint density at radius 1 is 1.17 bits per heavy atom. The third-order valence-electron chi connectivity index (χ3n) is 6.14. The minimum absolute atomic E-state index is 0. The second kappa shape index (κ2) is 10.2. The predicted octanol–water partition coefficient (Wildman–Crippen LogP) is 4.24. The van der Waals surface area contributed by atoms with E-state index in [-0.39, 0.29) is 24.0 Å². The van der Waals surface area contributed by atoms with Crippen LogP contribution in [0.25, 0.3) is 0 Å². The summed E-state index contributed by atoms with van der Waals surface area (Å²) in [4.78, 5) is 13.1. The van der Waals surface area contributed by atoms with Gasteiger partial charge in [0.2, 0.25) is 0 Å². The van der Waals surface area contributed by atoms with Crippen LogP contribution in [-0.4, -0.2) is 41.0 Å². The van der Waals surface area contributed by atoms with Crippen LogP contribution in [0.15, 0.2) is 35.3 Å². The molecule has 2 atom stereocenters. The molecule has 2 aliphatic heterocycles. The lowest BCUT2D eigenvalue weighted by Crippen LogP contribution is -2.52. The standard InChI is InChI=1S/C22H31N5S.HI/c1-15-16(2)28-21(25-15)13-24-22(23-3)26-18-11-19-9-10-20(12-18)27(19)14-17-7-5-4-6-8-17;/h4-8,18-20H,9-14H2,1-3H3,(H2,23,24,26);1H. The molecule has 2 aromatic rings. The van der Waals surface area contributed by atoms with Crippen molar-refractivity contribution in [3.63, 3.8) is 0 Å². The molecule has 29 heavy (non-hydrogen) atoms. The second-order valence-corrected chi connectivity index (χ2v) is 9.32. The lowest BCUT2D eigenvalue weighted by Gasteiger charge is -2.39. The zero-order valence-corrected chi connectivity index (χ0v) is 20.7. The van der Waals surface area contributed by atoms with E-state index in [1.165, 1.54) is 36.1 Å². The Morgan fingerprint density at radius 2 is 1.86 bits per heavy atom. The molecule has 2 saturated heterocycles. The van der Waals surface area contributed by atoms with Crippen LogP contribution >= 0.6 is 35.3 Å². The van der Waals surface area contributed by atoms with E-state index in [4.69, 9.17) is 0 Å². The average Bonchev–Trinajstić information content (AvgIpc) is 3.13. The van der Waals surface area contributed by atoms with Crippen LogP contribution in [0, 0.1) is 13.8 Å². The van der Waals surface area contributed by atoms with Crippen molar-refractivity contribution in [3.05, 3.63) is 51.5 Å². The molecule has 2 unspecified atom stereocenters. The topological polar surface area (TPSA) is 52.6 Å². The molecule has 7 heteroatoms. The fourth-order valence-corrected chi connectivity index (χ4v) is 5.48. The van der Waals surface area contributed by atoms with Gasteiger partial charge in [-0.25, -0.2) is 4.98 Å². The zero-order valence-electron chi connectivity index (χ0n) is 17.5. The summed E-state index contributed by atoms with van der Waals surface area (Å²) in [6, 6.07) is 12.7. The number of rotatable bonds is 5. The molecule has 0 aliphatic carbocycles. The highest BCUT2D eigenvalue weighted by atomic mass is 127. The number of piperidine rings is 1. The Morgan fingerprint density at radius 3 is 2.45 bits per heavy atom. The molecule has 2 N–H and O–H groups in total. The van der Waals surface area contributed by atoms with Gasteiger partial charge in [-0.05, 0) is 45.1 Å². The van der Waals surface area contributed by atoms with Gasteiger partial charge >= 0.3 is 0 Å². The smallest absolute Gasteiger partial charge is 0.191 e. The van der Waals surface area contributed by atoms with Crippen molar-refractivity contribution < 1.29 is 0 Å². The van der Waals surface area contributed by atoms with Crippen molar-refractivity contribution >= 4 is 41.3 Å². The van der Waals surface area contributed by atoms with Gasteiger partial charge in [0.05, 0.1) is 12.2 Å². The maximum atomic E-state index is 4.61. The van der Waals surface area contributed by atoms with Crippen LogP contribution in [0.1, 0.15) is 46.8 Å². The summed E-state index contributed by atoms with van der Waals surface area (Å²) in [5.74, 6) is 0.895. The van der Waals surface area contributed by atoms with Gasteiger partial charge in [0.1, 0.15) is 5.01 Å². The van der Waals surface area contributed by atoms with Gasteiger partial charge in [0, 0.05) is 36.6 Å². The first kappa shape index (κ1) is 22.5. The van der Waals surface area contributed by atoms with Crippen molar-refractivity contribution in [2.24, 2.45) is 4.99 Å². The lowest BCUT2D eigenvalue weighted by atomic mass is 9.96. The monoisotopic (exact) mass is 525 g/mol. The van der Waals surface area contributed by atoms with Crippen LogP contribution in [0.4, 0.5) is 0 Å². The van der Waals surface area contributed by atoms with E-state index in [1.807, 2.05) is 7.05 Å². The Kier molecular flexibility index (Phi) is 7.92. The van der Waals surface area contributed by atoms with Gasteiger partial charge in [0.25, 0.3) is 0 Å². The van der Waals surface area contributed by atoms with Gasteiger partial charge in [0.15, 0.2) is 5.96 Å². The minimum Gasteiger partial charge on any atom is -0.354 e. The van der Waals surface area contributed by atoms with E-state index in [9.17, 15) is 0 Å². The average molecular weight is 526 g/mol. The molecule has 3 heterocycles. The molecule has 4 rings (SSSR count). The maximum Gasteiger partial charge on any atom is 0.191 e. The van der Waals surface area contributed by atoms with E-state index in [0.29, 0.717) is 18.1 Å². The fourth-order valence-electron chi connectivity index (χ4n) is 4.61. The van der Waals surface area contributed by atoms with Crippen molar-refractivity contribution in [2.75, 3.05) is 7.05 Å². The number of hydrogen-bond acceptors (Lipinski definition) is 4. The molecule has 1 aromatic heterocycles.